The van der Waals surface area contributed by atoms with Gasteiger partial charge in [-0.1, -0.05) is 45.9 Å². The van der Waals surface area contributed by atoms with Crippen molar-refractivity contribution >= 4 is 0 Å². The summed E-state index contributed by atoms with van der Waals surface area (Å²) in [6, 6.07) is 4.12. The molecule has 0 N–H and O–H groups in total. The molecule has 0 aliphatic heterocycles. The molecule has 3 heteroatoms. The molecule has 1 aliphatic rings. The summed E-state index contributed by atoms with van der Waals surface area (Å²) in [6.45, 7) is 14.9. The highest BCUT2D eigenvalue weighted by Crippen LogP contribution is 2.35. The highest BCUT2D eigenvalue weighted by atomic mass is 19.1. The second-order valence-electron chi connectivity index (χ2n) is 9.30. The molecule has 0 saturated heterocycles. The summed E-state index contributed by atoms with van der Waals surface area (Å²) in [5.74, 6) is 0.0668. The molecular formula is C24H35F2N. The zero-order chi connectivity index (χ0) is 20.2. The lowest BCUT2D eigenvalue weighted by atomic mass is 9.75. The van der Waals surface area contributed by atoms with Gasteiger partial charge in [-0.05, 0) is 73.8 Å². The van der Waals surface area contributed by atoms with Gasteiger partial charge in [0, 0.05) is 18.7 Å². The van der Waals surface area contributed by atoms with Crippen LogP contribution in [0.2, 0.25) is 0 Å². The number of hydrogen-bond donors (Lipinski definition) is 0. The molecule has 27 heavy (non-hydrogen) atoms. The van der Waals surface area contributed by atoms with Crippen molar-refractivity contribution in [1.82, 2.24) is 4.90 Å². The van der Waals surface area contributed by atoms with Gasteiger partial charge in [0.05, 0.1) is 0 Å². The van der Waals surface area contributed by atoms with Crippen LogP contribution in [0.25, 0.3) is 0 Å². The Kier molecular flexibility index (Phi) is 7.39. The van der Waals surface area contributed by atoms with Gasteiger partial charge in [-0.25, -0.2) is 8.78 Å². The maximum absolute atomic E-state index is 13.5. The Labute approximate surface area is 164 Å². The maximum atomic E-state index is 13.5. The van der Waals surface area contributed by atoms with Crippen LogP contribution in [0.4, 0.5) is 8.78 Å². The van der Waals surface area contributed by atoms with E-state index in [9.17, 15) is 8.78 Å². The van der Waals surface area contributed by atoms with Crippen LogP contribution in [0, 0.1) is 28.9 Å². The predicted molar refractivity (Wildman–Crippen MR) is 110 cm³/mol. The van der Waals surface area contributed by atoms with Crippen LogP contribution in [-0.4, -0.2) is 17.5 Å². The Morgan fingerprint density at radius 3 is 2.19 bits per heavy atom. The van der Waals surface area contributed by atoms with E-state index in [4.69, 9.17) is 0 Å². The van der Waals surface area contributed by atoms with E-state index in [0.717, 1.165) is 25.5 Å². The molecular weight excluding hydrogens is 340 g/mol. The van der Waals surface area contributed by atoms with Gasteiger partial charge in [-0.15, -0.1) is 0 Å². The zero-order valence-electron chi connectivity index (χ0n) is 17.7. The standard InChI is InChI=1S/C24H35F2N/c1-17(2)27(16-19-13-22(25)15-23(26)14-19)12-11-18(3)20-7-9-21(10-8-20)24(4,5)6/h7-9,13-15,17-18,21H,10-12,16H2,1-6H3. The lowest BCUT2D eigenvalue weighted by Gasteiger charge is -2.31. The van der Waals surface area contributed by atoms with Crippen LogP contribution in [0.5, 0.6) is 0 Å². The maximum Gasteiger partial charge on any atom is 0.126 e. The third kappa shape index (κ3) is 6.57. The van der Waals surface area contributed by atoms with E-state index in [-0.39, 0.29) is 0 Å². The molecule has 1 aromatic rings. The SMILES string of the molecule is CC(CCN(Cc1cc(F)cc(F)c1)C(C)C)C1=CCC(C(C)(C)C)C=C1. The van der Waals surface area contributed by atoms with Crippen molar-refractivity contribution in [1.29, 1.82) is 0 Å². The first-order chi connectivity index (χ1) is 12.6. The fourth-order valence-corrected chi connectivity index (χ4v) is 3.63. The van der Waals surface area contributed by atoms with Crippen LogP contribution < -0.4 is 0 Å². The van der Waals surface area contributed by atoms with E-state index in [0.29, 0.717) is 35.4 Å². The number of hydrogen-bond acceptors (Lipinski definition) is 1. The molecule has 0 amide bonds. The first-order valence-corrected chi connectivity index (χ1v) is 10.1. The summed E-state index contributed by atoms with van der Waals surface area (Å²) in [5.41, 5.74) is 2.41. The van der Waals surface area contributed by atoms with E-state index in [1.165, 1.54) is 17.7 Å². The summed E-state index contributed by atoms with van der Waals surface area (Å²) in [5, 5.41) is 0. The van der Waals surface area contributed by atoms with Gasteiger partial charge in [0.15, 0.2) is 0 Å². The average Bonchev–Trinajstić information content (AvgIpc) is 2.56. The summed E-state index contributed by atoms with van der Waals surface area (Å²) in [7, 11) is 0. The Bertz CT molecular complexity index is 662. The lowest BCUT2D eigenvalue weighted by molar-refractivity contribution is 0.202. The summed E-state index contributed by atoms with van der Waals surface area (Å²) < 4.78 is 27.0. The molecule has 1 aromatic carbocycles. The van der Waals surface area contributed by atoms with Gasteiger partial charge in [-0.3, -0.25) is 4.90 Å². The summed E-state index contributed by atoms with van der Waals surface area (Å²) >= 11 is 0. The van der Waals surface area contributed by atoms with E-state index >= 15 is 0 Å². The monoisotopic (exact) mass is 375 g/mol. The van der Waals surface area contributed by atoms with E-state index in [1.54, 1.807) is 0 Å². The predicted octanol–water partition coefficient (Wildman–Crippen LogP) is 6.75. The molecule has 2 atom stereocenters. The van der Waals surface area contributed by atoms with Crippen molar-refractivity contribution in [3.8, 4) is 0 Å². The Morgan fingerprint density at radius 1 is 1.07 bits per heavy atom. The molecule has 2 unspecified atom stereocenters. The third-order valence-corrected chi connectivity index (χ3v) is 5.70. The van der Waals surface area contributed by atoms with E-state index < -0.39 is 11.6 Å². The van der Waals surface area contributed by atoms with Crippen molar-refractivity contribution in [3.63, 3.8) is 0 Å². The molecule has 2 rings (SSSR count). The van der Waals surface area contributed by atoms with Crippen molar-refractivity contribution < 1.29 is 8.78 Å². The van der Waals surface area contributed by atoms with E-state index in [2.05, 4.69) is 64.7 Å². The van der Waals surface area contributed by atoms with Crippen molar-refractivity contribution in [3.05, 3.63) is 59.2 Å². The molecule has 0 aromatic heterocycles. The smallest absolute Gasteiger partial charge is 0.126 e. The number of allylic oxidation sites excluding steroid dienone is 4. The highest BCUT2D eigenvalue weighted by Gasteiger charge is 2.24. The minimum Gasteiger partial charge on any atom is -0.297 e. The van der Waals surface area contributed by atoms with Gasteiger partial charge >= 0.3 is 0 Å². The molecule has 0 radical (unpaired) electrons. The molecule has 0 bridgehead atoms. The fourth-order valence-electron chi connectivity index (χ4n) is 3.63. The first-order valence-electron chi connectivity index (χ1n) is 10.1. The molecule has 1 nitrogen and oxygen atoms in total. The van der Waals surface area contributed by atoms with Crippen LogP contribution in [0.1, 0.15) is 59.9 Å². The minimum atomic E-state index is -0.507. The minimum absolute atomic E-state index is 0.302. The fraction of sp³-hybridized carbons (Fsp3) is 0.583. The quantitative estimate of drug-likeness (QED) is 0.509. The Morgan fingerprint density at radius 2 is 1.70 bits per heavy atom. The average molecular weight is 376 g/mol. The van der Waals surface area contributed by atoms with Crippen LogP contribution in [0.3, 0.4) is 0 Å². The molecule has 0 saturated carbocycles. The van der Waals surface area contributed by atoms with E-state index in [1.807, 2.05) is 0 Å². The zero-order valence-corrected chi connectivity index (χ0v) is 17.7. The van der Waals surface area contributed by atoms with Gasteiger partial charge in [0.2, 0.25) is 0 Å². The molecule has 0 spiro atoms. The van der Waals surface area contributed by atoms with Gasteiger partial charge in [0.1, 0.15) is 11.6 Å². The lowest BCUT2D eigenvalue weighted by Crippen LogP contribution is -2.32. The first kappa shape index (κ1) is 21.8. The van der Waals surface area contributed by atoms with Crippen LogP contribution in [0.15, 0.2) is 42.0 Å². The van der Waals surface area contributed by atoms with Gasteiger partial charge in [0.25, 0.3) is 0 Å². The van der Waals surface area contributed by atoms with Crippen LogP contribution >= 0.6 is 0 Å². The van der Waals surface area contributed by atoms with Crippen molar-refractivity contribution in [2.75, 3.05) is 6.54 Å². The third-order valence-electron chi connectivity index (χ3n) is 5.70. The Balaban J connectivity index is 1.94. The second-order valence-corrected chi connectivity index (χ2v) is 9.30. The van der Waals surface area contributed by atoms with Crippen molar-refractivity contribution in [2.45, 2.75) is 67.0 Å². The van der Waals surface area contributed by atoms with Crippen LogP contribution in [-0.2, 0) is 6.54 Å². The normalized spacial score (nSPS) is 18.9. The number of benzene rings is 1. The van der Waals surface area contributed by atoms with Gasteiger partial charge < -0.3 is 0 Å². The number of rotatable bonds is 7. The Hall–Kier alpha value is -1.48. The van der Waals surface area contributed by atoms with Gasteiger partial charge in [-0.2, -0.15) is 0 Å². The number of halogens is 2. The summed E-state index contributed by atoms with van der Waals surface area (Å²) in [6.07, 6.45) is 9.19. The number of nitrogens with zero attached hydrogens (tertiary/aromatic N) is 1. The molecule has 1 aliphatic carbocycles. The largest absolute Gasteiger partial charge is 0.297 e. The molecule has 150 valence electrons. The summed E-state index contributed by atoms with van der Waals surface area (Å²) in [4.78, 5) is 2.29. The van der Waals surface area contributed by atoms with Crippen molar-refractivity contribution in [2.24, 2.45) is 17.3 Å². The highest BCUT2D eigenvalue weighted by molar-refractivity contribution is 5.26. The second kappa shape index (κ2) is 9.14. The topological polar surface area (TPSA) is 3.24 Å². The molecule has 0 heterocycles. The molecule has 0 fully saturated rings.